The van der Waals surface area contributed by atoms with E-state index in [9.17, 15) is 17.6 Å². The van der Waals surface area contributed by atoms with Gasteiger partial charge in [0, 0.05) is 19.6 Å². The molecule has 3 rings (SSSR count). The summed E-state index contributed by atoms with van der Waals surface area (Å²) in [6.07, 6.45) is 1.14. The lowest BCUT2D eigenvalue weighted by molar-refractivity contribution is -0.126. The number of ether oxygens (including phenoxy) is 3. The zero-order valence-corrected chi connectivity index (χ0v) is 19.1. The maximum atomic E-state index is 13.2. The molecule has 2 aromatic carbocycles. The van der Waals surface area contributed by atoms with Crippen LogP contribution in [0.15, 0.2) is 41.3 Å². The molecule has 1 N–H and O–H groups in total. The minimum atomic E-state index is -3.80. The van der Waals surface area contributed by atoms with Crippen LogP contribution in [-0.2, 0) is 21.4 Å². The van der Waals surface area contributed by atoms with Crippen LogP contribution < -0.4 is 19.5 Å². The Morgan fingerprint density at radius 3 is 2.28 bits per heavy atom. The molecule has 32 heavy (non-hydrogen) atoms. The molecule has 1 heterocycles. The lowest BCUT2D eigenvalue weighted by atomic mass is 9.98. The zero-order chi connectivity index (χ0) is 23.3. The second-order valence-corrected chi connectivity index (χ2v) is 9.35. The highest BCUT2D eigenvalue weighted by molar-refractivity contribution is 7.89. The van der Waals surface area contributed by atoms with Crippen LogP contribution in [0, 0.1) is 11.7 Å². The molecule has 8 nitrogen and oxygen atoms in total. The van der Waals surface area contributed by atoms with E-state index in [4.69, 9.17) is 14.2 Å². The molecule has 1 saturated heterocycles. The van der Waals surface area contributed by atoms with Gasteiger partial charge < -0.3 is 19.5 Å². The van der Waals surface area contributed by atoms with E-state index in [1.807, 2.05) is 0 Å². The van der Waals surface area contributed by atoms with Crippen LogP contribution >= 0.6 is 0 Å². The lowest BCUT2D eigenvalue weighted by Crippen LogP contribution is -2.45. The highest BCUT2D eigenvalue weighted by Crippen LogP contribution is 2.38. The summed E-state index contributed by atoms with van der Waals surface area (Å²) in [4.78, 5) is 12.8. The molecule has 1 amide bonds. The fraction of sp³-hybridized carbons (Fsp3) is 0.409. The Hall–Kier alpha value is -2.85. The number of sulfonamides is 1. The average Bonchev–Trinajstić information content (AvgIpc) is 2.82. The average molecular weight is 467 g/mol. The predicted molar refractivity (Wildman–Crippen MR) is 116 cm³/mol. The Morgan fingerprint density at radius 1 is 1.09 bits per heavy atom. The van der Waals surface area contributed by atoms with Crippen molar-refractivity contribution in [3.63, 3.8) is 0 Å². The Labute approximate surface area is 187 Å². The van der Waals surface area contributed by atoms with Gasteiger partial charge in [0.05, 0.1) is 32.1 Å². The molecule has 10 heteroatoms. The van der Waals surface area contributed by atoms with Gasteiger partial charge in [-0.05, 0) is 54.8 Å². The molecule has 2 aromatic rings. The quantitative estimate of drug-likeness (QED) is 0.643. The van der Waals surface area contributed by atoms with Gasteiger partial charge in [0.15, 0.2) is 11.5 Å². The number of rotatable bonds is 8. The first-order valence-electron chi connectivity index (χ1n) is 10.1. The van der Waals surface area contributed by atoms with E-state index in [-0.39, 0.29) is 23.9 Å². The first-order valence-corrected chi connectivity index (χ1v) is 11.6. The number of methoxy groups -OCH3 is 3. The fourth-order valence-electron chi connectivity index (χ4n) is 3.70. The van der Waals surface area contributed by atoms with Crippen molar-refractivity contribution in [1.29, 1.82) is 0 Å². The van der Waals surface area contributed by atoms with Crippen molar-refractivity contribution in [2.45, 2.75) is 24.3 Å². The van der Waals surface area contributed by atoms with Gasteiger partial charge in [-0.1, -0.05) is 0 Å². The van der Waals surface area contributed by atoms with Crippen molar-refractivity contribution in [3.05, 3.63) is 47.8 Å². The Morgan fingerprint density at radius 2 is 1.72 bits per heavy atom. The van der Waals surface area contributed by atoms with Crippen LogP contribution in [0.2, 0.25) is 0 Å². The molecule has 0 saturated carbocycles. The van der Waals surface area contributed by atoms with Crippen molar-refractivity contribution >= 4 is 15.9 Å². The molecule has 174 valence electrons. The number of hydrogen-bond donors (Lipinski definition) is 1. The smallest absolute Gasteiger partial charge is 0.243 e. The van der Waals surface area contributed by atoms with Gasteiger partial charge in [-0.25, -0.2) is 12.8 Å². The zero-order valence-electron chi connectivity index (χ0n) is 18.3. The minimum Gasteiger partial charge on any atom is -0.493 e. The Kier molecular flexibility index (Phi) is 7.57. The van der Waals surface area contributed by atoms with Crippen LogP contribution in [0.3, 0.4) is 0 Å². The second kappa shape index (κ2) is 10.2. The molecule has 1 aliphatic rings. The third-order valence-electron chi connectivity index (χ3n) is 5.40. The van der Waals surface area contributed by atoms with Crippen molar-refractivity contribution in [1.82, 2.24) is 9.62 Å². The van der Waals surface area contributed by atoms with E-state index in [2.05, 4.69) is 5.32 Å². The normalized spacial score (nSPS) is 16.9. The number of amides is 1. The summed E-state index contributed by atoms with van der Waals surface area (Å²) < 4.78 is 56.2. The summed E-state index contributed by atoms with van der Waals surface area (Å²) in [5, 5.41) is 2.87. The maximum Gasteiger partial charge on any atom is 0.243 e. The van der Waals surface area contributed by atoms with Gasteiger partial charge in [-0.2, -0.15) is 4.31 Å². The second-order valence-electron chi connectivity index (χ2n) is 7.41. The standard InChI is InChI=1S/C22H27FN2O6S/c1-29-19-11-15(12-20(30-2)21(19)31-3)13-24-22(26)16-5-4-10-25(14-16)32(27,28)18-8-6-17(23)7-9-18/h6-9,11-12,16H,4-5,10,13-14H2,1-3H3,(H,24,26)/t16-/m0/s1. The third-order valence-corrected chi connectivity index (χ3v) is 7.28. The van der Waals surface area contributed by atoms with E-state index in [1.165, 1.54) is 37.8 Å². The van der Waals surface area contributed by atoms with Crippen LogP contribution in [0.25, 0.3) is 0 Å². The number of halogens is 1. The first kappa shape index (κ1) is 23.8. The van der Waals surface area contributed by atoms with E-state index < -0.39 is 21.8 Å². The fourth-order valence-corrected chi connectivity index (χ4v) is 5.23. The van der Waals surface area contributed by atoms with Gasteiger partial charge in [-0.3, -0.25) is 4.79 Å². The summed E-state index contributed by atoms with van der Waals surface area (Å²) in [6, 6.07) is 8.18. The molecular formula is C22H27FN2O6S. The van der Waals surface area contributed by atoms with E-state index in [0.717, 1.165) is 17.7 Å². The molecule has 1 fully saturated rings. The maximum absolute atomic E-state index is 13.2. The van der Waals surface area contributed by atoms with E-state index >= 15 is 0 Å². The van der Waals surface area contributed by atoms with Crippen molar-refractivity contribution in [2.24, 2.45) is 5.92 Å². The van der Waals surface area contributed by atoms with Crippen molar-refractivity contribution < 1.29 is 31.8 Å². The predicted octanol–water partition coefficient (Wildman–Crippen LogP) is 2.57. The third kappa shape index (κ3) is 5.13. The van der Waals surface area contributed by atoms with Crippen LogP contribution in [0.5, 0.6) is 17.2 Å². The van der Waals surface area contributed by atoms with Crippen LogP contribution in [-0.4, -0.2) is 53.0 Å². The largest absolute Gasteiger partial charge is 0.493 e. The summed E-state index contributed by atoms with van der Waals surface area (Å²) in [5.74, 6) is 0.181. The summed E-state index contributed by atoms with van der Waals surface area (Å²) in [6.45, 7) is 0.605. The number of carbonyl (C=O) groups excluding carboxylic acids is 1. The lowest BCUT2D eigenvalue weighted by Gasteiger charge is -2.31. The van der Waals surface area contributed by atoms with E-state index in [1.54, 1.807) is 12.1 Å². The van der Waals surface area contributed by atoms with E-state index in [0.29, 0.717) is 36.6 Å². The summed E-state index contributed by atoms with van der Waals surface area (Å²) in [5.41, 5.74) is 0.749. The number of benzene rings is 2. The molecule has 0 radical (unpaired) electrons. The van der Waals surface area contributed by atoms with Gasteiger partial charge in [0.2, 0.25) is 21.7 Å². The van der Waals surface area contributed by atoms with Crippen LogP contribution in [0.1, 0.15) is 18.4 Å². The molecule has 0 unspecified atom stereocenters. The monoisotopic (exact) mass is 466 g/mol. The minimum absolute atomic E-state index is 0.0115. The molecule has 0 spiro atoms. The molecule has 1 aliphatic heterocycles. The molecule has 0 aromatic heterocycles. The number of nitrogens with zero attached hydrogens (tertiary/aromatic N) is 1. The first-order chi connectivity index (χ1) is 15.3. The van der Waals surface area contributed by atoms with Crippen LogP contribution in [0.4, 0.5) is 4.39 Å². The van der Waals surface area contributed by atoms with Gasteiger partial charge in [0.25, 0.3) is 0 Å². The Balaban J connectivity index is 1.68. The molecule has 0 bridgehead atoms. The topological polar surface area (TPSA) is 94.2 Å². The highest BCUT2D eigenvalue weighted by atomic mass is 32.2. The Bertz CT molecular complexity index is 1030. The molecular weight excluding hydrogens is 439 g/mol. The van der Waals surface area contributed by atoms with Crippen molar-refractivity contribution in [3.8, 4) is 17.2 Å². The number of piperidine rings is 1. The highest BCUT2D eigenvalue weighted by Gasteiger charge is 2.33. The van der Waals surface area contributed by atoms with Crippen molar-refractivity contribution in [2.75, 3.05) is 34.4 Å². The number of hydrogen-bond acceptors (Lipinski definition) is 6. The number of nitrogens with one attached hydrogen (secondary N) is 1. The van der Waals surface area contributed by atoms with Gasteiger partial charge >= 0.3 is 0 Å². The van der Waals surface area contributed by atoms with Gasteiger partial charge in [-0.15, -0.1) is 0 Å². The number of carbonyl (C=O) groups is 1. The van der Waals surface area contributed by atoms with Gasteiger partial charge in [0.1, 0.15) is 5.82 Å². The molecule has 0 aliphatic carbocycles. The molecule has 1 atom stereocenters. The summed E-state index contributed by atoms with van der Waals surface area (Å²) in [7, 11) is 0.736. The SMILES string of the molecule is COc1cc(CNC(=O)[C@H]2CCCN(S(=O)(=O)c3ccc(F)cc3)C2)cc(OC)c1OC. The summed E-state index contributed by atoms with van der Waals surface area (Å²) >= 11 is 0.